The van der Waals surface area contributed by atoms with Gasteiger partial charge >= 0.3 is 0 Å². The normalized spacial score (nSPS) is 16.9. The molecule has 0 unspecified atom stereocenters. The number of rotatable bonds is 5. The highest BCUT2D eigenvalue weighted by atomic mass is 35.5. The van der Waals surface area contributed by atoms with Crippen molar-refractivity contribution in [2.75, 3.05) is 31.1 Å². The van der Waals surface area contributed by atoms with E-state index in [0.29, 0.717) is 36.5 Å². The van der Waals surface area contributed by atoms with E-state index in [1.54, 1.807) is 19.2 Å². The molecule has 2 fully saturated rings. The number of aryl methyl sites for hydroxylation is 1. The maximum absolute atomic E-state index is 15.2. The molecule has 1 saturated carbocycles. The van der Waals surface area contributed by atoms with Crippen LogP contribution >= 0.6 is 11.6 Å². The summed E-state index contributed by atoms with van der Waals surface area (Å²) in [5.74, 6) is -0.252. The van der Waals surface area contributed by atoms with Gasteiger partial charge in [-0.15, -0.1) is 0 Å². The van der Waals surface area contributed by atoms with Crippen molar-refractivity contribution < 1.29 is 14.3 Å². The van der Waals surface area contributed by atoms with E-state index in [2.05, 4.69) is 9.88 Å². The van der Waals surface area contributed by atoms with E-state index < -0.39 is 16.5 Å². The Hall–Kier alpha value is -2.97. The first kappa shape index (κ1) is 22.8. The van der Waals surface area contributed by atoms with Crippen molar-refractivity contribution in [1.29, 1.82) is 0 Å². The molecule has 0 amide bonds. The highest BCUT2D eigenvalue weighted by Crippen LogP contribution is 2.38. The number of pyridine rings is 2. The summed E-state index contributed by atoms with van der Waals surface area (Å²) in [4.78, 5) is 33.0. The van der Waals surface area contributed by atoms with E-state index in [1.165, 1.54) is 12.3 Å². The highest BCUT2D eigenvalue weighted by Gasteiger charge is 2.28. The lowest BCUT2D eigenvalue weighted by molar-refractivity contribution is 0.108. The molecule has 34 heavy (non-hydrogen) atoms. The van der Waals surface area contributed by atoms with Crippen molar-refractivity contribution in [1.82, 2.24) is 14.5 Å². The number of aromatic nitrogens is 2. The molecule has 2 aliphatic rings. The van der Waals surface area contributed by atoms with E-state index in [9.17, 15) is 14.7 Å². The van der Waals surface area contributed by atoms with Crippen LogP contribution < -0.4 is 10.3 Å². The zero-order valence-corrected chi connectivity index (χ0v) is 19.9. The minimum absolute atomic E-state index is 0.117. The average molecular weight is 485 g/mol. The Kier molecular flexibility index (Phi) is 5.81. The fourth-order valence-electron chi connectivity index (χ4n) is 4.70. The Morgan fingerprint density at radius 1 is 1.21 bits per heavy atom. The summed E-state index contributed by atoms with van der Waals surface area (Å²) in [6.07, 6.45) is 5.21. The molecule has 3 heterocycles. The van der Waals surface area contributed by atoms with Gasteiger partial charge in [-0.1, -0.05) is 0 Å². The number of aromatic hydroxyl groups is 1. The first-order valence-electron chi connectivity index (χ1n) is 11.4. The lowest BCUT2D eigenvalue weighted by atomic mass is 10.1. The second-order valence-corrected chi connectivity index (χ2v) is 9.55. The molecular weight excluding hydrogens is 459 g/mol. The SMILES string of the molecule is Cc1ncc(CN2CCN(c3cc4c(cc3F)c(=O)c(C(=O)Cl)cn4C3CC3)CC2)c(C)c1O. The number of piperazine rings is 1. The third kappa shape index (κ3) is 4.05. The first-order valence-corrected chi connectivity index (χ1v) is 11.8. The van der Waals surface area contributed by atoms with Crippen LogP contribution in [-0.2, 0) is 6.54 Å². The van der Waals surface area contributed by atoms with Gasteiger partial charge in [0.1, 0.15) is 11.6 Å². The molecule has 9 heteroatoms. The zero-order valence-electron chi connectivity index (χ0n) is 19.1. The fourth-order valence-corrected chi connectivity index (χ4v) is 4.83. The number of anilines is 1. The van der Waals surface area contributed by atoms with Crippen molar-refractivity contribution in [2.24, 2.45) is 0 Å². The number of halogens is 2. The van der Waals surface area contributed by atoms with Crippen LogP contribution in [0.3, 0.4) is 0 Å². The lowest BCUT2D eigenvalue weighted by Gasteiger charge is -2.36. The highest BCUT2D eigenvalue weighted by molar-refractivity contribution is 6.67. The summed E-state index contributed by atoms with van der Waals surface area (Å²) in [6.45, 7) is 7.03. The maximum atomic E-state index is 15.2. The molecule has 3 aromatic rings. The summed E-state index contributed by atoms with van der Waals surface area (Å²) < 4.78 is 17.1. The second kappa shape index (κ2) is 8.67. The third-order valence-corrected chi connectivity index (χ3v) is 7.16. The predicted molar refractivity (Wildman–Crippen MR) is 129 cm³/mol. The first-order chi connectivity index (χ1) is 16.2. The Balaban J connectivity index is 1.40. The van der Waals surface area contributed by atoms with Crippen LogP contribution in [0.2, 0.25) is 0 Å². The average Bonchev–Trinajstić information content (AvgIpc) is 3.65. The van der Waals surface area contributed by atoms with Crippen LogP contribution in [0.15, 0.2) is 29.3 Å². The van der Waals surface area contributed by atoms with Crippen LogP contribution in [0.1, 0.15) is 46.1 Å². The van der Waals surface area contributed by atoms with E-state index in [-0.39, 0.29) is 22.7 Å². The molecule has 1 aliphatic carbocycles. The van der Waals surface area contributed by atoms with Crippen LogP contribution in [0.25, 0.3) is 10.9 Å². The van der Waals surface area contributed by atoms with E-state index >= 15 is 4.39 Å². The van der Waals surface area contributed by atoms with Crippen LogP contribution in [0.4, 0.5) is 10.1 Å². The summed E-state index contributed by atoms with van der Waals surface area (Å²) in [6, 6.07) is 3.16. The van der Waals surface area contributed by atoms with E-state index in [1.807, 2.05) is 16.4 Å². The van der Waals surface area contributed by atoms with Gasteiger partial charge in [0.25, 0.3) is 5.24 Å². The topological polar surface area (TPSA) is 78.7 Å². The summed E-state index contributed by atoms with van der Waals surface area (Å²) in [5.41, 5.74) is 2.86. The minimum atomic E-state index is -0.825. The van der Waals surface area contributed by atoms with Gasteiger partial charge in [0, 0.05) is 56.5 Å². The molecule has 0 bridgehead atoms. The number of carbonyl (C=O) groups excluding carboxylic acids is 1. The summed E-state index contributed by atoms with van der Waals surface area (Å²) in [5, 5.41) is 9.53. The number of hydrogen-bond acceptors (Lipinski definition) is 6. The lowest BCUT2D eigenvalue weighted by Crippen LogP contribution is -2.46. The molecule has 1 aliphatic heterocycles. The quantitative estimate of drug-likeness (QED) is 0.553. The second-order valence-electron chi connectivity index (χ2n) is 9.21. The largest absolute Gasteiger partial charge is 0.506 e. The summed E-state index contributed by atoms with van der Waals surface area (Å²) in [7, 11) is 0. The minimum Gasteiger partial charge on any atom is -0.506 e. The molecular formula is C25H26ClFN4O3. The number of nitrogens with zero attached hydrogens (tertiary/aromatic N) is 4. The summed E-state index contributed by atoms with van der Waals surface area (Å²) >= 11 is 5.62. The molecule has 0 spiro atoms. The Labute approximate surface area is 201 Å². The number of carbonyl (C=O) groups is 1. The van der Waals surface area contributed by atoms with Gasteiger partial charge in [-0.25, -0.2) is 4.39 Å². The molecule has 1 saturated heterocycles. The van der Waals surface area contributed by atoms with Crippen molar-refractivity contribution in [3.63, 3.8) is 0 Å². The fraction of sp³-hybridized carbons (Fsp3) is 0.400. The van der Waals surface area contributed by atoms with Crippen LogP contribution in [-0.4, -0.2) is 51.0 Å². The molecule has 0 atom stereocenters. The van der Waals surface area contributed by atoms with Crippen LogP contribution in [0, 0.1) is 19.7 Å². The molecule has 1 aromatic carbocycles. The van der Waals surface area contributed by atoms with Gasteiger partial charge in [-0.3, -0.25) is 19.5 Å². The van der Waals surface area contributed by atoms with Gasteiger partial charge in [0.2, 0.25) is 5.43 Å². The predicted octanol–water partition coefficient (Wildman–Crippen LogP) is 3.89. The van der Waals surface area contributed by atoms with Gasteiger partial charge in [-0.2, -0.15) is 0 Å². The smallest absolute Gasteiger partial charge is 0.257 e. The van der Waals surface area contributed by atoms with Crippen molar-refractivity contribution in [2.45, 2.75) is 39.3 Å². The zero-order chi connectivity index (χ0) is 24.1. The maximum Gasteiger partial charge on any atom is 0.257 e. The third-order valence-electron chi connectivity index (χ3n) is 6.95. The Bertz CT molecular complexity index is 1360. The molecule has 2 aromatic heterocycles. The van der Waals surface area contributed by atoms with Crippen molar-refractivity contribution in [3.05, 3.63) is 63.0 Å². The molecule has 0 radical (unpaired) electrons. The molecule has 7 nitrogen and oxygen atoms in total. The van der Waals surface area contributed by atoms with Crippen molar-refractivity contribution >= 4 is 33.4 Å². The van der Waals surface area contributed by atoms with Gasteiger partial charge < -0.3 is 14.6 Å². The Morgan fingerprint density at radius 3 is 2.56 bits per heavy atom. The van der Waals surface area contributed by atoms with E-state index in [4.69, 9.17) is 11.6 Å². The van der Waals surface area contributed by atoms with Crippen molar-refractivity contribution in [3.8, 4) is 5.75 Å². The monoisotopic (exact) mass is 484 g/mol. The van der Waals surface area contributed by atoms with Gasteiger partial charge in [0.05, 0.1) is 22.5 Å². The van der Waals surface area contributed by atoms with Crippen LogP contribution in [0.5, 0.6) is 5.75 Å². The molecule has 178 valence electrons. The number of benzene rings is 1. The van der Waals surface area contributed by atoms with E-state index in [0.717, 1.165) is 37.1 Å². The number of hydrogen-bond donors (Lipinski definition) is 1. The van der Waals surface area contributed by atoms with Gasteiger partial charge in [0.15, 0.2) is 0 Å². The van der Waals surface area contributed by atoms with Gasteiger partial charge in [-0.05, 0) is 61.5 Å². The molecule has 5 rings (SSSR count). The number of fused-ring (bicyclic) bond motifs is 1. The molecule has 1 N–H and O–H groups in total. The Morgan fingerprint density at radius 2 is 1.91 bits per heavy atom. The standard InChI is InChI=1S/C25H26ClFN4O3/c1-14-16(11-28-15(2)23(14)32)12-29-5-7-30(8-6-29)22-10-21-18(9-20(22)27)24(33)19(25(26)34)13-31(21)17-3-4-17/h9-11,13,17,32H,3-8,12H2,1-2H3.